The van der Waals surface area contributed by atoms with Crippen molar-refractivity contribution in [2.24, 2.45) is 0 Å². The lowest BCUT2D eigenvalue weighted by atomic mass is 9.86. The normalized spacial score (nSPS) is 11.0. The van der Waals surface area contributed by atoms with Gasteiger partial charge in [0.15, 0.2) is 0 Å². The van der Waals surface area contributed by atoms with Gasteiger partial charge >= 0.3 is 0 Å². The van der Waals surface area contributed by atoms with E-state index in [1.165, 1.54) is 5.56 Å². The number of carbonyl (C=O) groups is 1. The second-order valence-corrected chi connectivity index (χ2v) is 7.54. The Morgan fingerprint density at radius 2 is 1.64 bits per heavy atom. The predicted molar refractivity (Wildman–Crippen MR) is 114 cm³/mol. The topological polar surface area (TPSA) is 63.2 Å². The van der Waals surface area contributed by atoms with Gasteiger partial charge in [0.1, 0.15) is 5.75 Å². The van der Waals surface area contributed by atoms with Crippen LogP contribution in [0.2, 0.25) is 0 Å². The number of benzene rings is 2. The number of aromatic nitrogens is 1. The van der Waals surface area contributed by atoms with Crippen molar-refractivity contribution in [3.05, 3.63) is 78.1 Å². The van der Waals surface area contributed by atoms with Crippen molar-refractivity contribution in [3.8, 4) is 5.75 Å². The van der Waals surface area contributed by atoms with Gasteiger partial charge in [0.2, 0.25) is 0 Å². The van der Waals surface area contributed by atoms with Gasteiger partial charge in [0.25, 0.3) is 5.91 Å². The molecule has 5 heteroatoms. The summed E-state index contributed by atoms with van der Waals surface area (Å²) in [6.07, 6.45) is 3.25. The molecule has 2 aromatic carbocycles. The van der Waals surface area contributed by atoms with E-state index in [4.69, 9.17) is 4.74 Å². The van der Waals surface area contributed by atoms with Crippen molar-refractivity contribution < 1.29 is 9.53 Å². The molecule has 1 amide bonds. The fraction of sp³-hybridized carbons (Fsp3) is 0.217. The lowest BCUT2D eigenvalue weighted by molar-refractivity contribution is 0.102. The van der Waals surface area contributed by atoms with Crippen LogP contribution >= 0.6 is 0 Å². The quantitative estimate of drug-likeness (QED) is 0.628. The predicted octanol–water partition coefficient (Wildman–Crippen LogP) is 5.38. The molecule has 0 aliphatic rings. The Morgan fingerprint density at radius 1 is 0.964 bits per heavy atom. The molecule has 0 saturated carbocycles. The largest absolute Gasteiger partial charge is 0.495 e. The third kappa shape index (κ3) is 4.49. The van der Waals surface area contributed by atoms with Crippen LogP contribution in [0, 0.1) is 0 Å². The van der Waals surface area contributed by atoms with E-state index in [-0.39, 0.29) is 11.3 Å². The summed E-state index contributed by atoms with van der Waals surface area (Å²) < 4.78 is 5.29. The van der Waals surface area contributed by atoms with Crippen LogP contribution in [0.3, 0.4) is 0 Å². The smallest absolute Gasteiger partial charge is 0.257 e. The monoisotopic (exact) mass is 375 g/mol. The molecule has 5 nitrogen and oxygen atoms in total. The molecule has 0 bridgehead atoms. The van der Waals surface area contributed by atoms with Crippen LogP contribution < -0.4 is 15.4 Å². The van der Waals surface area contributed by atoms with Gasteiger partial charge < -0.3 is 15.4 Å². The highest BCUT2D eigenvalue weighted by Gasteiger charge is 2.18. The standard InChI is InChI=1S/C23H25N3O2/c1-23(2,3)18-9-5-6-10-19(18)25-17-13-16(14-24-15-17)22(27)26-20-11-7-8-12-21(20)28-4/h5-15,25H,1-4H3,(H,26,27). The summed E-state index contributed by atoms with van der Waals surface area (Å²) in [6.45, 7) is 6.51. The van der Waals surface area contributed by atoms with Crippen LogP contribution in [-0.2, 0) is 5.41 Å². The molecular formula is C23H25N3O2. The summed E-state index contributed by atoms with van der Waals surface area (Å²) in [6, 6.07) is 17.2. The Balaban J connectivity index is 1.83. The van der Waals surface area contributed by atoms with E-state index in [0.29, 0.717) is 17.0 Å². The molecule has 0 aliphatic heterocycles. The Kier molecular flexibility index (Phi) is 5.64. The van der Waals surface area contributed by atoms with Crippen LogP contribution in [0.5, 0.6) is 5.75 Å². The fourth-order valence-corrected chi connectivity index (χ4v) is 2.98. The first kappa shape index (κ1) is 19.4. The van der Waals surface area contributed by atoms with Gasteiger partial charge in [0, 0.05) is 11.9 Å². The second-order valence-electron chi connectivity index (χ2n) is 7.54. The SMILES string of the molecule is COc1ccccc1NC(=O)c1cncc(Nc2ccccc2C(C)(C)C)c1. The maximum atomic E-state index is 12.7. The van der Waals surface area contributed by atoms with Crippen molar-refractivity contribution in [2.75, 3.05) is 17.7 Å². The second kappa shape index (κ2) is 8.13. The lowest BCUT2D eigenvalue weighted by Crippen LogP contribution is -2.14. The van der Waals surface area contributed by atoms with Gasteiger partial charge in [-0.1, -0.05) is 51.1 Å². The number of hydrogen-bond donors (Lipinski definition) is 2. The summed E-state index contributed by atoms with van der Waals surface area (Å²) >= 11 is 0. The van der Waals surface area contributed by atoms with Gasteiger partial charge in [-0.3, -0.25) is 9.78 Å². The first-order chi connectivity index (χ1) is 13.4. The van der Waals surface area contributed by atoms with Gasteiger partial charge in [-0.05, 0) is 35.2 Å². The van der Waals surface area contributed by atoms with E-state index in [1.807, 2.05) is 30.3 Å². The number of methoxy groups -OCH3 is 1. The average Bonchev–Trinajstić information content (AvgIpc) is 2.68. The zero-order valence-corrected chi connectivity index (χ0v) is 16.6. The molecule has 3 aromatic rings. The number of hydrogen-bond acceptors (Lipinski definition) is 4. The van der Waals surface area contributed by atoms with Crippen molar-refractivity contribution in [1.82, 2.24) is 4.98 Å². The number of pyridine rings is 1. The van der Waals surface area contributed by atoms with Crippen LogP contribution in [0.4, 0.5) is 17.1 Å². The highest BCUT2D eigenvalue weighted by molar-refractivity contribution is 6.05. The van der Waals surface area contributed by atoms with Crippen molar-refractivity contribution in [2.45, 2.75) is 26.2 Å². The molecule has 144 valence electrons. The minimum atomic E-state index is -0.246. The van der Waals surface area contributed by atoms with Gasteiger partial charge in [-0.15, -0.1) is 0 Å². The van der Waals surface area contributed by atoms with E-state index in [1.54, 1.807) is 37.7 Å². The molecule has 0 aliphatic carbocycles. The molecule has 0 radical (unpaired) electrons. The number of ether oxygens (including phenoxy) is 1. The Morgan fingerprint density at radius 3 is 2.36 bits per heavy atom. The molecule has 0 spiro atoms. The van der Waals surface area contributed by atoms with E-state index < -0.39 is 0 Å². The van der Waals surface area contributed by atoms with E-state index in [2.05, 4.69) is 42.5 Å². The first-order valence-corrected chi connectivity index (χ1v) is 9.14. The van der Waals surface area contributed by atoms with Crippen molar-refractivity contribution >= 4 is 23.0 Å². The third-order valence-electron chi connectivity index (χ3n) is 4.37. The lowest BCUT2D eigenvalue weighted by Gasteiger charge is -2.23. The summed E-state index contributed by atoms with van der Waals surface area (Å²) in [7, 11) is 1.57. The molecule has 1 aromatic heterocycles. The van der Waals surface area contributed by atoms with Gasteiger partial charge in [-0.2, -0.15) is 0 Å². The summed E-state index contributed by atoms with van der Waals surface area (Å²) in [4.78, 5) is 16.9. The van der Waals surface area contributed by atoms with Gasteiger partial charge in [-0.25, -0.2) is 0 Å². The number of nitrogens with zero attached hydrogens (tertiary/aromatic N) is 1. The molecule has 0 fully saturated rings. The van der Waals surface area contributed by atoms with E-state index in [9.17, 15) is 4.79 Å². The first-order valence-electron chi connectivity index (χ1n) is 9.14. The minimum Gasteiger partial charge on any atom is -0.495 e. The van der Waals surface area contributed by atoms with E-state index in [0.717, 1.165) is 11.4 Å². The molecule has 1 heterocycles. The fourth-order valence-electron chi connectivity index (χ4n) is 2.98. The van der Waals surface area contributed by atoms with Crippen molar-refractivity contribution in [1.29, 1.82) is 0 Å². The van der Waals surface area contributed by atoms with E-state index >= 15 is 0 Å². The molecule has 2 N–H and O–H groups in total. The molecule has 0 saturated heterocycles. The number of para-hydroxylation sites is 3. The number of rotatable bonds is 5. The van der Waals surface area contributed by atoms with Crippen LogP contribution in [0.25, 0.3) is 0 Å². The zero-order chi connectivity index (χ0) is 20.1. The van der Waals surface area contributed by atoms with Crippen LogP contribution in [0.1, 0.15) is 36.7 Å². The maximum absolute atomic E-state index is 12.7. The van der Waals surface area contributed by atoms with Gasteiger partial charge in [0.05, 0.1) is 30.2 Å². The Bertz CT molecular complexity index is 977. The highest BCUT2D eigenvalue weighted by Crippen LogP contribution is 2.31. The number of amides is 1. The maximum Gasteiger partial charge on any atom is 0.257 e. The number of anilines is 3. The van der Waals surface area contributed by atoms with Crippen molar-refractivity contribution in [3.63, 3.8) is 0 Å². The summed E-state index contributed by atoms with van der Waals surface area (Å²) in [5.74, 6) is 0.363. The zero-order valence-electron chi connectivity index (χ0n) is 16.6. The summed E-state index contributed by atoms with van der Waals surface area (Å²) in [5.41, 5.74) is 4.02. The number of nitrogens with one attached hydrogen (secondary N) is 2. The molecule has 0 atom stereocenters. The molecule has 28 heavy (non-hydrogen) atoms. The third-order valence-corrected chi connectivity index (χ3v) is 4.37. The number of carbonyl (C=O) groups excluding carboxylic acids is 1. The molecule has 0 unspecified atom stereocenters. The summed E-state index contributed by atoms with van der Waals surface area (Å²) in [5, 5.41) is 6.27. The molecular weight excluding hydrogens is 350 g/mol. The van der Waals surface area contributed by atoms with Crippen LogP contribution in [-0.4, -0.2) is 18.0 Å². The Hall–Kier alpha value is -3.34. The van der Waals surface area contributed by atoms with Crippen LogP contribution in [0.15, 0.2) is 67.0 Å². The Labute approximate surface area is 165 Å². The highest BCUT2D eigenvalue weighted by atomic mass is 16.5. The average molecular weight is 375 g/mol. The minimum absolute atomic E-state index is 0.00410. The molecule has 3 rings (SSSR count).